The lowest BCUT2D eigenvalue weighted by molar-refractivity contribution is -0.956. The highest BCUT2D eigenvalue weighted by Crippen LogP contribution is 2.45. The third-order valence-corrected chi connectivity index (χ3v) is 10.5. The minimum atomic E-state index is -1.20. The van der Waals surface area contributed by atoms with Crippen molar-refractivity contribution in [1.29, 1.82) is 0 Å². The summed E-state index contributed by atoms with van der Waals surface area (Å²) in [4.78, 5) is 45.9. The van der Waals surface area contributed by atoms with Crippen LogP contribution in [-0.4, -0.2) is 95.6 Å². The summed E-state index contributed by atoms with van der Waals surface area (Å²) in [5.41, 5.74) is 8.19. The van der Waals surface area contributed by atoms with Crippen LogP contribution < -0.4 is 16.2 Å². The molecule has 3 N–H and O–H groups in total. The molecule has 42 heavy (non-hydrogen) atoms. The number of nitrogens with two attached hydrogens (primary N) is 1. The van der Waals surface area contributed by atoms with E-state index in [4.69, 9.17) is 5.73 Å². The summed E-state index contributed by atoms with van der Waals surface area (Å²) in [6, 6.07) is 13.2. The number of nitrogen functional groups attached to an aromatic ring is 1. The molecule has 2 saturated heterocycles. The molecule has 0 saturated carbocycles. The van der Waals surface area contributed by atoms with Crippen LogP contribution in [0.15, 0.2) is 46.9 Å². The molecule has 3 aliphatic heterocycles. The van der Waals surface area contributed by atoms with E-state index < -0.39 is 16.2 Å². The molecular weight excluding hydrogens is 600 g/mol. The molecule has 226 valence electrons. The molecule has 3 amide bonds. The number of hydrogen-bond acceptors (Lipinski definition) is 7. The minimum absolute atomic E-state index is 0.0237. The van der Waals surface area contributed by atoms with Crippen molar-refractivity contribution in [2.24, 2.45) is 0 Å². The van der Waals surface area contributed by atoms with Crippen LogP contribution in [0.5, 0.6) is 0 Å². The fourth-order valence-corrected chi connectivity index (χ4v) is 7.91. The Labute approximate surface area is 256 Å². The van der Waals surface area contributed by atoms with Gasteiger partial charge in [-0.05, 0) is 73.1 Å². The minimum Gasteiger partial charge on any atom is -0.498 e. The van der Waals surface area contributed by atoms with Gasteiger partial charge in [0.1, 0.15) is 12.8 Å². The predicted molar refractivity (Wildman–Crippen MR) is 163 cm³/mol. The maximum absolute atomic E-state index is 13.6. The number of carbonyl (C=O) groups excluding carboxylic acids is 3. The average molecular weight is 642 g/mol. The highest BCUT2D eigenvalue weighted by molar-refractivity contribution is 9.10. The molecular formula is C31H41BrN6O4. The van der Waals surface area contributed by atoms with Gasteiger partial charge in [-0.3, -0.25) is 9.38 Å². The second kappa shape index (κ2) is 12.3. The number of fused-ring (bicyclic) bond motifs is 1. The van der Waals surface area contributed by atoms with Crippen LogP contribution in [0.3, 0.4) is 0 Å². The third kappa shape index (κ3) is 5.55. The zero-order valence-corrected chi connectivity index (χ0v) is 26.0. The van der Waals surface area contributed by atoms with Gasteiger partial charge in [0.2, 0.25) is 0 Å². The first-order valence-electron chi connectivity index (χ1n) is 14.7. The number of rotatable bonds is 7. The van der Waals surface area contributed by atoms with Crippen molar-refractivity contribution in [1.82, 2.24) is 14.7 Å². The fraction of sp³-hybridized carbons (Fsp3) is 0.516. The molecule has 0 spiro atoms. The number of quaternary nitrogens is 1. The van der Waals surface area contributed by atoms with Gasteiger partial charge < -0.3 is 35.5 Å². The molecule has 2 aromatic rings. The fourth-order valence-electron chi connectivity index (χ4n) is 7.49. The second-order valence-electron chi connectivity index (χ2n) is 12.2. The van der Waals surface area contributed by atoms with Crippen LogP contribution in [0, 0.1) is 0 Å². The number of carboxylic acid groups (broad SMARTS) is 1. The van der Waals surface area contributed by atoms with E-state index in [1.165, 1.54) is 0 Å². The lowest BCUT2D eigenvalue weighted by Gasteiger charge is -2.61. The molecule has 2 aromatic carbocycles. The molecule has 2 unspecified atom stereocenters. The Morgan fingerprint density at radius 1 is 1.19 bits per heavy atom. The van der Waals surface area contributed by atoms with Gasteiger partial charge >= 0.3 is 6.03 Å². The van der Waals surface area contributed by atoms with E-state index in [9.17, 15) is 19.5 Å². The van der Waals surface area contributed by atoms with Crippen molar-refractivity contribution in [2.45, 2.75) is 62.8 Å². The summed E-state index contributed by atoms with van der Waals surface area (Å²) in [5.74, 6) is 0. The summed E-state index contributed by atoms with van der Waals surface area (Å²) < 4.78 is 0.293. The van der Waals surface area contributed by atoms with Gasteiger partial charge in [-0.1, -0.05) is 24.3 Å². The number of nitrogens with one attached hydrogen (secondary N) is 1. The number of anilines is 2. The van der Waals surface area contributed by atoms with Gasteiger partial charge in [0, 0.05) is 66.0 Å². The zero-order valence-electron chi connectivity index (χ0n) is 24.4. The molecule has 0 aromatic heterocycles. The van der Waals surface area contributed by atoms with Gasteiger partial charge in [0.05, 0.1) is 13.0 Å². The molecule has 3 atom stereocenters. The highest BCUT2D eigenvalue weighted by atomic mass is 79.9. The lowest BCUT2D eigenvalue weighted by atomic mass is 9.81. The van der Waals surface area contributed by atoms with Crippen molar-refractivity contribution in [3.63, 3.8) is 0 Å². The van der Waals surface area contributed by atoms with E-state index in [0.717, 1.165) is 35.9 Å². The maximum atomic E-state index is 13.6. The number of nitrogens with zero attached hydrogens (tertiary/aromatic N) is 4. The molecule has 0 aliphatic carbocycles. The Bertz CT molecular complexity index is 1330. The maximum Gasteiger partial charge on any atom is 0.322 e. The van der Waals surface area contributed by atoms with E-state index in [1.54, 1.807) is 6.07 Å². The molecule has 2 fully saturated rings. The number of likely N-dealkylation sites (tertiary alicyclic amines) is 2. The summed E-state index contributed by atoms with van der Waals surface area (Å²) in [7, 11) is 4.13. The Balaban J connectivity index is 1.55. The molecule has 3 heterocycles. The monoisotopic (exact) mass is 640 g/mol. The summed E-state index contributed by atoms with van der Waals surface area (Å²) in [6.45, 7) is 2.20. The molecule has 11 heteroatoms. The zero-order chi connectivity index (χ0) is 30.1. The van der Waals surface area contributed by atoms with E-state index >= 15 is 0 Å². The Morgan fingerprint density at radius 3 is 2.60 bits per heavy atom. The van der Waals surface area contributed by atoms with Gasteiger partial charge in [0.25, 0.3) is 6.09 Å². The van der Waals surface area contributed by atoms with Crippen LogP contribution >= 0.6 is 15.9 Å². The van der Waals surface area contributed by atoms with E-state index in [0.29, 0.717) is 55.1 Å². The smallest absolute Gasteiger partial charge is 0.322 e. The van der Waals surface area contributed by atoms with Crippen molar-refractivity contribution >= 4 is 45.7 Å². The number of piperidine rings is 2. The van der Waals surface area contributed by atoms with E-state index in [-0.39, 0.29) is 31.6 Å². The summed E-state index contributed by atoms with van der Waals surface area (Å²) in [6.07, 6.45) is 2.92. The van der Waals surface area contributed by atoms with Crippen molar-refractivity contribution in [3.05, 3.63) is 58.1 Å². The normalized spacial score (nSPS) is 27.3. The second-order valence-corrected chi connectivity index (χ2v) is 13.0. The summed E-state index contributed by atoms with van der Waals surface area (Å²) >= 11 is 3.49. The number of urea groups is 1. The standard InChI is InChI=1S/C31H41BrN6O4/c1-35(2)24-10-14-36(15-11-24)31(13-18-39)20-25(37-16-9-23-5-3-4-6-28(23)34-29(37)40)12-17-38(31,30(41)42)21-22-7-8-27(33)26(32)19-22/h3-8,18-19,24-25H,9-17,20-21,33H2,1-2H3,(H-,34,40,41,42)/t25?,31?,38-/m0/s1. The van der Waals surface area contributed by atoms with Gasteiger partial charge in [-0.15, -0.1) is 0 Å². The SMILES string of the molecule is CN(C)C1CCN(C2(CC=O)CC(N3CCc4ccccc4NC3=O)CC[N@+]2(Cc2ccc(N)c(Br)c2)C(=O)[O-])CC1. The number of halogens is 1. The van der Waals surface area contributed by atoms with Gasteiger partial charge in [0.15, 0.2) is 5.66 Å². The third-order valence-electron chi connectivity index (χ3n) is 9.85. The van der Waals surface area contributed by atoms with Crippen LogP contribution in [-0.2, 0) is 17.8 Å². The largest absolute Gasteiger partial charge is 0.498 e. The number of hydrogen-bond donors (Lipinski definition) is 2. The van der Waals surface area contributed by atoms with Crippen molar-refractivity contribution in [2.75, 3.05) is 51.3 Å². The van der Waals surface area contributed by atoms with Crippen molar-refractivity contribution in [3.8, 4) is 0 Å². The van der Waals surface area contributed by atoms with Crippen LogP contribution in [0.2, 0.25) is 0 Å². The molecule has 3 aliphatic rings. The number of benzene rings is 2. The first kappa shape index (κ1) is 30.5. The summed E-state index contributed by atoms with van der Waals surface area (Å²) in [5, 5.41) is 16.5. The van der Waals surface area contributed by atoms with Crippen LogP contribution in [0.25, 0.3) is 0 Å². The lowest BCUT2D eigenvalue weighted by Crippen LogP contribution is -2.80. The van der Waals surface area contributed by atoms with Crippen LogP contribution in [0.4, 0.5) is 21.0 Å². The van der Waals surface area contributed by atoms with Crippen LogP contribution in [0.1, 0.15) is 43.2 Å². The first-order valence-corrected chi connectivity index (χ1v) is 15.5. The molecule has 5 rings (SSSR count). The van der Waals surface area contributed by atoms with Gasteiger partial charge in [-0.25, -0.2) is 4.79 Å². The predicted octanol–water partition coefficient (Wildman–Crippen LogP) is 3.26. The molecule has 10 nitrogen and oxygen atoms in total. The molecule has 0 radical (unpaired) electrons. The van der Waals surface area contributed by atoms with E-state index in [1.807, 2.05) is 41.3 Å². The quantitative estimate of drug-likeness (QED) is 0.271. The highest BCUT2D eigenvalue weighted by Gasteiger charge is 2.61. The van der Waals surface area contributed by atoms with E-state index in [2.05, 4.69) is 45.1 Å². The average Bonchev–Trinajstić information content (AvgIpc) is 3.14. The Morgan fingerprint density at radius 2 is 1.93 bits per heavy atom. The number of carbonyl (C=O) groups is 3. The topological polar surface area (TPSA) is 122 Å². The Kier molecular flexibility index (Phi) is 8.94. The number of aldehydes is 1. The number of para-hydroxylation sites is 1. The van der Waals surface area contributed by atoms with Gasteiger partial charge in [-0.2, -0.15) is 0 Å². The first-order chi connectivity index (χ1) is 20.1. The molecule has 0 bridgehead atoms. The Hall–Kier alpha value is -2.99. The number of amides is 3. The van der Waals surface area contributed by atoms with Crippen molar-refractivity contribution < 1.29 is 24.0 Å².